The zero-order valence-electron chi connectivity index (χ0n) is 10.1. The number of esters is 1. The van der Waals surface area contributed by atoms with E-state index < -0.39 is 16.8 Å². The van der Waals surface area contributed by atoms with Crippen LogP contribution in [0.2, 0.25) is 0 Å². The molecular weight excluding hydrogens is 238 g/mol. The number of nitrogens with zero attached hydrogens (tertiary/aromatic N) is 1. The van der Waals surface area contributed by atoms with Crippen molar-refractivity contribution in [1.82, 2.24) is 0 Å². The summed E-state index contributed by atoms with van der Waals surface area (Å²) < 4.78 is 4.51. The molecule has 0 unspecified atom stereocenters. The SMILES string of the molecule is COC(=O)C[C@H](C(C)=O)c1ccc([N+](=O)[O-])cc1. The van der Waals surface area contributed by atoms with Gasteiger partial charge in [0, 0.05) is 12.1 Å². The third-order valence-electron chi connectivity index (χ3n) is 2.60. The molecule has 0 saturated carbocycles. The predicted octanol–water partition coefficient (Wildman–Crippen LogP) is 1.83. The maximum Gasteiger partial charge on any atom is 0.306 e. The maximum absolute atomic E-state index is 11.5. The average Bonchev–Trinajstić information content (AvgIpc) is 2.35. The summed E-state index contributed by atoms with van der Waals surface area (Å²) in [5, 5.41) is 10.5. The molecule has 0 aliphatic carbocycles. The number of rotatable bonds is 5. The van der Waals surface area contributed by atoms with Crippen LogP contribution < -0.4 is 0 Å². The van der Waals surface area contributed by atoms with Crippen molar-refractivity contribution in [3.05, 3.63) is 39.9 Å². The summed E-state index contributed by atoms with van der Waals surface area (Å²) in [6, 6.07) is 5.57. The van der Waals surface area contributed by atoms with Gasteiger partial charge in [-0.2, -0.15) is 0 Å². The van der Waals surface area contributed by atoms with Gasteiger partial charge in [0.15, 0.2) is 0 Å². The summed E-state index contributed by atoms with van der Waals surface area (Å²) in [4.78, 5) is 32.6. The quantitative estimate of drug-likeness (QED) is 0.452. The minimum Gasteiger partial charge on any atom is -0.469 e. The van der Waals surface area contributed by atoms with Crippen LogP contribution in [0.5, 0.6) is 0 Å². The Morgan fingerprint density at radius 1 is 1.33 bits per heavy atom. The van der Waals surface area contributed by atoms with Gasteiger partial charge in [0.2, 0.25) is 0 Å². The third kappa shape index (κ3) is 3.38. The normalized spacial score (nSPS) is 11.7. The fraction of sp³-hybridized carbons (Fsp3) is 0.333. The van der Waals surface area contributed by atoms with E-state index in [1.54, 1.807) is 0 Å². The lowest BCUT2D eigenvalue weighted by Gasteiger charge is -2.12. The Morgan fingerprint density at radius 2 is 1.89 bits per heavy atom. The van der Waals surface area contributed by atoms with Crippen molar-refractivity contribution in [2.24, 2.45) is 0 Å². The molecule has 6 nitrogen and oxygen atoms in total. The van der Waals surface area contributed by atoms with Crippen molar-refractivity contribution in [2.75, 3.05) is 7.11 Å². The average molecular weight is 251 g/mol. The molecule has 1 aromatic carbocycles. The summed E-state index contributed by atoms with van der Waals surface area (Å²) in [5.41, 5.74) is 0.512. The largest absolute Gasteiger partial charge is 0.469 e. The fourth-order valence-electron chi connectivity index (χ4n) is 1.57. The zero-order chi connectivity index (χ0) is 13.7. The standard InChI is InChI=1S/C12H13NO5/c1-8(14)11(7-12(15)18-2)9-3-5-10(6-4-9)13(16)17/h3-6,11H,7H2,1-2H3/t11-/m1/s1. The van der Waals surface area contributed by atoms with Gasteiger partial charge in [-0.1, -0.05) is 12.1 Å². The van der Waals surface area contributed by atoms with Crippen LogP contribution in [0.4, 0.5) is 5.69 Å². The second-order valence-corrected chi connectivity index (χ2v) is 3.79. The number of ketones is 1. The maximum atomic E-state index is 11.5. The third-order valence-corrected chi connectivity index (χ3v) is 2.60. The second-order valence-electron chi connectivity index (χ2n) is 3.79. The van der Waals surface area contributed by atoms with E-state index in [1.165, 1.54) is 38.3 Å². The van der Waals surface area contributed by atoms with Gasteiger partial charge >= 0.3 is 5.97 Å². The highest BCUT2D eigenvalue weighted by Gasteiger charge is 2.21. The van der Waals surface area contributed by atoms with Crippen LogP contribution in [-0.4, -0.2) is 23.8 Å². The molecule has 0 fully saturated rings. The summed E-state index contributed by atoms with van der Waals surface area (Å²) in [7, 11) is 1.25. The molecule has 0 aliphatic heterocycles. The van der Waals surface area contributed by atoms with E-state index in [1.807, 2.05) is 0 Å². The fourth-order valence-corrected chi connectivity index (χ4v) is 1.57. The molecule has 0 heterocycles. The van der Waals surface area contributed by atoms with Crippen LogP contribution in [0.1, 0.15) is 24.8 Å². The van der Waals surface area contributed by atoms with Gasteiger partial charge in [-0.25, -0.2) is 0 Å². The van der Waals surface area contributed by atoms with Gasteiger partial charge in [-0.15, -0.1) is 0 Å². The topological polar surface area (TPSA) is 86.5 Å². The van der Waals surface area contributed by atoms with Crippen LogP contribution >= 0.6 is 0 Å². The predicted molar refractivity (Wildman–Crippen MR) is 63.2 cm³/mol. The Kier molecular flexibility index (Phi) is 4.53. The number of Topliss-reactive ketones (excluding diaryl/α,β-unsaturated/α-hetero) is 1. The molecular formula is C12H13NO5. The molecule has 1 atom stereocenters. The number of methoxy groups -OCH3 is 1. The molecule has 0 amide bonds. The van der Waals surface area contributed by atoms with Gasteiger partial charge < -0.3 is 4.74 Å². The van der Waals surface area contributed by atoms with Gasteiger partial charge in [0.05, 0.1) is 24.4 Å². The number of nitro benzene ring substituents is 1. The van der Waals surface area contributed by atoms with Crippen LogP contribution in [0.25, 0.3) is 0 Å². The molecule has 6 heteroatoms. The molecule has 0 aromatic heterocycles. The number of benzene rings is 1. The minimum atomic E-state index is -0.627. The highest BCUT2D eigenvalue weighted by atomic mass is 16.6. The molecule has 18 heavy (non-hydrogen) atoms. The van der Waals surface area contributed by atoms with E-state index in [0.29, 0.717) is 5.56 Å². The van der Waals surface area contributed by atoms with Crippen LogP contribution in [0, 0.1) is 10.1 Å². The first-order valence-corrected chi connectivity index (χ1v) is 5.27. The van der Waals surface area contributed by atoms with E-state index >= 15 is 0 Å². The molecule has 0 saturated heterocycles. The number of carbonyl (C=O) groups is 2. The van der Waals surface area contributed by atoms with Crippen molar-refractivity contribution < 1.29 is 19.2 Å². The minimum absolute atomic E-state index is 0.0564. The van der Waals surface area contributed by atoms with E-state index in [4.69, 9.17) is 0 Å². The number of hydrogen-bond donors (Lipinski definition) is 0. The lowest BCUT2D eigenvalue weighted by atomic mass is 9.92. The lowest BCUT2D eigenvalue weighted by molar-refractivity contribution is -0.384. The molecule has 0 spiro atoms. The molecule has 0 aliphatic rings. The van der Waals surface area contributed by atoms with Crippen LogP contribution in [0.3, 0.4) is 0 Å². The molecule has 1 aromatic rings. The van der Waals surface area contributed by atoms with Crippen molar-refractivity contribution in [3.8, 4) is 0 Å². The summed E-state index contributed by atoms with van der Waals surface area (Å²) in [6.07, 6.45) is -0.0658. The molecule has 0 radical (unpaired) electrons. The van der Waals surface area contributed by atoms with Gasteiger partial charge in [0.25, 0.3) is 5.69 Å². The van der Waals surface area contributed by atoms with Gasteiger partial charge in [-0.05, 0) is 12.5 Å². The van der Waals surface area contributed by atoms with Crippen molar-refractivity contribution in [1.29, 1.82) is 0 Å². The lowest BCUT2D eigenvalue weighted by Crippen LogP contribution is -2.15. The Hall–Kier alpha value is -2.24. The van der Waals surface area contributed by atoms with Gasteiger partial charge in [-0.3, -0.25) is 19.7 Å². The van der Waals surface area contributed by atoms with E-state index in [-0.39, 0.29) is 17.9 Å². The summed E-state index contributed by atoms with van der Waals surface area (Å²) in [5.74, 6) is -1.30. The first kappa shape index (κ1) is 13.8. The molecule has 96 valence electrons. The number of hydrogen-bond acceptors (Lipinski definition) is 5. The summed E-state index contributed by atoms with van der Waals surface area (Å²) >= 11 is 0. The summed E-state index contributed by atoms with van der Waals surface area (Å²) in [6.45, 7) is 1.37. The Morgan fingerprint density at radius 3 is 2.28 bits per heavy atom. The highest BCUT2D eigenvalue weighted by molar-refractivity contribution is 5.88. The highest BCUT2D eigenvalue weighted by Crippen LogP contribution is 2.23. The number of ether oxygens (including phenoxy) is 1. The first-order valence-electron chi connectivity index (χ1n) is 5.27. The van der Waals surface area contributed by atoms with Crippen molar-refractivity contribution >= 4 is 17.4 Å². The number of carbonyl (C=O) groups excluding carboxylic acids is 2. The molecule has 0 bridgehead atoms. The van der Waals surface area contributed by atoms with E-state index in [9.17, 15) is 19.7 Å². The van der Waals surface area contributed by atoms with Gasteiger partial charge in [0.1, 0.15) is 5.78 Å². The zero-order valence-corrected chi connectivity index (χ0v) is 10.1. The van der Waals surface area contributed by atoms with E-state index in [2.05, 4.69) is 4.74 Å². The Labute approximate surface area is 104 Å². The van der Waals surface area contributed by atoms with Crippen LogP contribution in [-0.2, 0) is 14.3 Å². The van der Waals surface area contributed by atoms with Crippen molar-refractivity contribution in [2.45, 2.75) is 19.3 Å². The number of nitro groups is 1. The van der Waals surface area contributed by atoms with E-state index in [0.717, 1.165) is 0 Å². The first-order chi connectivity index (χ1) is 8.45. The Balaban J connectivity index is 2.96. The number of non-ortho nitro benzene ring substituents is 1. The van der Waals surface area contributed by atoms with Crippen molar-refractivity contribution in [3.63, 3.8) is 0 Å². The molecule has 1 rings (SSSR count). The Bertz CT molecular complexity index is 466. The monoisotopic (exact) mass is 251 g/mol. The van der Waals surface area contributed by atoms with Crippen LogP contribution in [0.15, 0.2) is 24.3 Å². The second kappa shape index (κ2) is 5.90. The molecule has 0 N–H and O–H groups in total. The smallest absolute Gasteiger partial charge is 0.306 e.